The Morgan fingerprint density at radius 3 is 2.52 bits per heavy atom. The number of para-hydroxylation sites is 1. The molecule has 1 N–H and O–H groups in total. The molecule has 1 heterocycles. The van der Waals surface area contributed by atoms with Gasteiger partial charge in [-0.3, -0.25) is 9.59 Å². The number of benzene rings is 2. The predicted molar refractivity (Wildman–Crippen MR) is 108 cm³/mol. The van der Waals surface area contributed by atoms with Gasteiger partial charge in [0.1, 0.15) is 5.75 Å². The zero-order chi connectivity index (χ0) is 20.8. The minimum absolute atomic E-state index is 0.115. The number of methoxy groups -OCH3 is 2. The second-order valence-electron chi connectivity index (χ2n) is 6.80. The minimum Gasteiger partial charge on any atom is -0.497 e. The van der Waals surface area contributed by atoms with Gasteiger partial charge in [-0.25, -0.2) is 4.79 Å². The predicted octanol–water partition coefficient (Wildman–Crippen LogP) is 2.19. The number of amides is 2. The van der Waals surface area contributed by atoms with E-state index in [0.717, 1.165) is 11.3 Å². The summed E-state index contributed by atoms with van der Waals surface area (Å²) in [5, 5.41) is 2.90. The van der Waals surface area contributed by atoms with Gasteiger partial charge in [0.05, 0.1) is 31.4 Å². The smallest absolute Gasteiger partial charge is 0.339 e. The fourth-order valence-corrected chi connectivity index (χ4v) is 3.37. The molecule has 152 valence electrons. The number of hydrogen-bond acceptors (Lipinski definition) is 5. The second kappa shape index (κ2) is 9.23. The van der Waals surface area contributed by atoms with Gasteiger partial charge < -0.3 is 19.7 Å². The lowest BCUT2D eigenvalue weighted by Gasteiger charge is -2.19. The summed E-state index contributed by atoms with van der Waals surface area (Å²) in [6.07, 6.45) is 0.801. The molecule has 29 heavy (non-hydrogen) atoms. The van der Waals surface area contributed by atoms with Gasteiger partial charge in [-0.2, -0.15) is 0 Å². The Morgan fingerprint density at radius 1 is 1.10 bits per heavy atom. The van der Waals surface area contributed by atoms with Crippen molar-refractivity contribution in [2.45, 2.75) is 12.8 Å². The maximum atomic E-state index is 12.5. The maximum absolute atomic E-state index is 12.5. The molecule has 1 atom stereocenters. The zero-order valence-electron chi connectivity index (χ0n) is 16.5. The van der Waals surface area contributed by atoms with Crippen LogP contribution in [0.4, 0.5) is 5.69 Å². The van der Waals surface area contributed by atoms with Crippen LogP contribution in [0, 0.1) is 5.92 Å². The highest BCUT2D eigenvalue weighted by Gasteiger charge is 2.36. The number of ether oxygens (including phenoxy) is 2. The van der Waals surface area contributed by atoms with Crippen LogP contribution in [0.15, 0.2) is 48.5 Å². The van der Waals surface area contributed by atoms with Gasteiger partial charge in [-0.1, -0.05) is 24.3 Å². The molecule has 1 fully saturated rings. The van der Waals surface area contributed by atoms with E-state index in [2.05, 4.69) is 5.32 Å². The Hall–Kier alpha value is -3.35. The van der Waals surface area contributed by atoms with Gasteiger partial charge in [-0.05, 0) is 36.2 Å². The third-order valence-corrected chi connectivity index (χ3v) is 4.97. The average Bonchev–Trinajstić information content (AvgIpc) is 3.15. The first-order valence-electron chi connectivity index (χ1n) is 9.42. The van der Waals surface area contributed by atoms with E-state index in [1.807, 2.05) is 24.3 Å². The van der Waals surface area contributed by atoms with Gasteiger partial charge in [0.2, 0.25) is 11.8 Å². The second-order valence-corrected chi connectivity index (χ2v) is 6.80. The summed E-state index contributed by atoms with van der Waals surface area (Å²) in [4.78, 5) is 38.5. The third-order valence-electron chi connectivity index (χ3n) is 4.97. The van der Waals surface area contributed by atoms with Crippen LogP contribution in [0.5, 0.6) is 5.75 Å². The number of anilines is 1. The summed E-state index contributed by atoms with van der Waals surface area (Å²) in [5.74, 6) is -0.527. The van der Waals surface area contributed by atoms with Crippen LogP contribution < -0.4 is 15.0 Å². The molecule has 2 aromatic carbocycles. The van der Waals surface area contributed by atoms with Crippen molar-refractivity contribution in [2.75, 3.05) is 32.2 Å². The molecule has 1 aliphatic rings. The van der Waals surface area contributed by atoms with Crippen molar-refractivity contribution in [3.63, 3.8) is 0 Å². The highest BCUT2D eigenvalue weighted by Crippen LogP contribution is 2.28. The first-order chi connectivity index (χ1) is 14.0. The molecule has 7 nitrogen and oxygen atoms in total. The van der Waals surface area contributed by atoms with Crippen molar-refractivity contribution >= 4 is 23.5 Å². The van der Waals surface area contributed by atoms with E-state index in [4.69, 9.17) is 9.47 Å². The standard InChI is InChI=1S/C22H24N2O5/c1-28-17-9-7-15(8-10-17)11-12-23-21(26)16-13-20(25)24(14-16)19-6-4-3-5-18(19)22(27)29-2/h3-10,16H,11-14H2,1-2H3,(H,23,26). The average molecular weight is 396 g/mol. The van der Waals surface area contributed by atoms with Crippen LogP contribution in [-0.4, -0.2) is 45.1 Å². The zero-order valence-corrected chi connectivity index (χ0v) is 16.5. The number of carbonyl (C=O) groups excluding carboxylic acids is 3. The van der Waals surface area contributed by atoms with E-state index in [9.17, 15) is 14.4 Å². The van der Waals surface area contributed by atoms with E-state index in [0.29, 0.717) is 24.2 Å². The molecule has 2 amide bonds. The number of hydrogen-bond donors (Lipinski definition) is 1. The molecule has 1 saturated heterocycles. The van der Waals surface area contributed by atoms with Crippen molar-refractivity contribution in [2.24, 2.45) is 5.92 Å². The van der Waals surface area contributed by atoms with Crippen LogP contribution in [0.1, 0.15) is 22.3 Å². The summed E-state index contributed by atoms with van der Waals surface area (Å²) in [7, 11) is 2.91. The fraction of sp³-hybridized carbons (Fsp3) is 0.318. The van der Waals surface area contributed by atoms with Crippen molar-refractivity contribution in [3.8, 4) is 5.75 Å². The molecule has 0 saturated carbocycles. The van der Waals surface area contributed by atoms with E-state index in [-0.39, 0.29) is 24.8 Å². The Morgan fingerprint density at radius 2 is 1.83 bits per heavy atom. The SMILES string of the molecule is COC(=O)c1ccccc1N1CC(C(=O)NCCc2ccc(OC)cc2)CC1=O. The molecule has 7 heteroatoms. The number of nitrogens with one attached hydrogen (secondary N) is 1. The highest BCUT2D eigenvalue weighted by molar-refractivity contribution is 6.05. The molecule has 0 aliphatic carbocycles. The van der Waals surface area contributed by atoms with Crippen molar-refractivity contribution in [3.05, 3.63) is 59.7 Å². The highest BCUT2D eigenvalue weighted by atomic mass is 16.5. The summed E-state index contributed by atoms with van der Waals surface area (Å²) in [6, 6.07) is 14.4. The minimum atomic E-state index is -0.513. The third kappa shape index (κ3) is 4.74. The molecule has 1 unspecified atom stereocenters. The quantitative estimate of drug-likeness (QED) is 0.726. The molecule has 0 aromatic heterocycles. The van der Waals surface area contributed by atoms with Crippen molar-refractivity contribution < 1.29 is 23.9 Å². The molecule has 2 aromatic rings. The Kier molecular flexibility index (Phi) is 6.49. The van der Waals surface area contributed by atoms with Gasteiger partial charge in [-0.15, -0.1) is 0 Å². The first kappa shape index (κ1) is 20.4. The number of esters is 1. The van der Waals surface area contributed by atoms with Gasteiger partial charge in [0.15, 0.2) is 0 Å². The first-order valence-corrected chi connectivity index (χ1v) is 9.42. The van der Waals surface area contributed by atoms with E-state index in [1.54, 1.807) is 31.4 Å². The summed E-state index contributed by atoms with van der Waals surface area (Å²) < 4.78 is 9.92. The van der Waals surface area contributed by atoms with Gasteiger partial charge in [0, 0.05) is 19.5 Å². The Balaban J connectivity index is 1.58. The van der Waals surface area contributed by atoms with Crippen molar-refractivity contribution in [1.29, 1.82) is 0 Å². The molecule has 0 bridgehead atoms. The molecule has 0 spiro atoms. The monoisotopic (exact) mass is 396 g/mol. The van der Waals surface area contributed by atoms with Crippen molar-refractivity contribution in [1.82, 2.24) is 5.32 Å². The number of rotatable bonds is 7. The molecule has 1 aliphatic heterocycles. The lowest BCUT2D eigenvalue weighted by Crippen LogP contribution is -2.34. The van der Waals surface area contributed by atoms with E-state index >= 15 is 0 Å². The molecule has 3 rings (SSSR count). The summed E-state index contributed by atoms with van der Waals surface area (Å²) >= 11 is 0. The van der Waals surface area contributed by atoms with Crippen LogP contribution in [0.3, 0.4) is 0 Å². The van der Waals surface area contributed by atoms with E-state index in [1.165, 1.54) is 12.0 Å². The largest absolute Gasteiger partial charge is 0.497 e. The van der Waals surface area contributed by atoms with Gasteiger partial charge in [0.25, 0.3) is 0 Å². The molecular formula is C22H24N2O5. The fourth-order valence-electron chi connectivity index (χ4n) is 3.37. The number of nitrogens with zero attached hydrogens (tertiary/aromatic N) is 1. The van der Waals surface area contributed by atoms with Crippen LogP contribution >= 0.6 is 0 Å². The van der Waals surface area contributed by atoms with Crippen LogP contribution in [0.2, 0.25) is 0 Å². The maximum Gasteiger partial charge on any atom is 0.339 e. The molecule has 0 radical (unpaired) electrons. The Labute approximate surface area is 169 Å². The topological polar surface area (TPSA) is 84.9 Å². The van der Waals surface area contributed by atoms with Gasteiger partial charge >= 0.3 is 5.97 Å². The Bertz CT molecular complexity index is 894. The lowest BCUT2D eigenvalue weighted by molar-refractivity contribution is -0.126. The van der Waals surface area contributed by atoms with Crippen LogP contribution in [0.25, 0.3) is 0 Å². The summed E-state index contributed by atoms with van der Waals surface area (Å²) in [6.45, 7) is 0.718. The number of carbonyl (C=O) groups is 3. The van der Waals surface area contributed by atoms with E-state index < -0.39 is 11.9 Å². The molecular weight excluding hydrogens is 372 g/mol. The van der Waals surface area contributed by atoms with Crippen LogP contribution in [-0.2, 0) is 20.7 Å². The summed E-state index contributed by atoms with van der Waals surface area (Å²) in [5.41, 5.74) is 1.86. The lowest BCUT2D eigenvalue weighted by atomic mass is 10.1. The normalized spacial score (nSPS) is 15.9.